The molecule has 1 aliphatic heterocycles. The van der Waals surface area contributed by atoms with Gasteiger partial charge in [-0.05, 0) is 36.3 Å². The number of methoxy groups -OCH3 is 1. The van der Waals surface area contributed by atoms with Gasteiger partial charge in [0.1, 0.15) is 5.75 Å². The van der Waals surface area contributed by atoms with Crippen molar-refractivity contribution in [2.75, 3.05) is 46.4 Å². The van der Waals surface area contributed by atoms with Crippen LogP contribution in [0, 0.1) is 0 Å². The Morgan fingerprint density at radius 3 is 2.48 bits per heavy atom. The van der Waals surface area contributed by atoms with Gasteiger partial charge < -0.3 is 15.4 Å². The molecule has 124 valence electrons. The molecule has 2 aromatic rings. The Balaban J connectivity index is 1.72. The van der Waals surface area contributed by atoms with Crippen molar-refractivity contribution in [3.63, 3.8) is 0 Å². The Morgan fingerprint density at radius 1 is 1.00 bits per heavy atom. The Bertz CT molecular complexity index is 636. The number of fused-ring (bicyclic) bond motifs is 1. The van der Waals surface area contributed by atoms with E-state index in [1.807, 2.05) is 0 Å². The lowest BCUT2D eigenvalue weighted by atomic mass is 10.0. The van der Waals surface area contributed by atoms with Crippen LogP contribution in [0.15, 0.2) is 36.4 Å². The first kappa shape index (κ1) is 16.2. The summed E-state index contributed by atoms with van der Waals surface area (Å²) in [6, 6.07) is 12.8. The van der Waals surface area contributed by atoms with Crippen LogP contribution in [0.5, 0.6) is 5.75 Å². The number of hydrogen-bond donors (Lipinski definition) is 1. The quantitative estimate of drug-likeness (QED) is 0.889. The van der Waals surface area contributed by atoms with E-state index < -0.39 is 0 Å². The third kappa shape index (κ3) is 3.83. The number of rotatable bonds is 6. The zero-order valence-electron chi connectivity index (χ0n) is 14.0. The van der Waals surface area contributed by atoms with Crippen molar-refractivity contribution in [1.82, 2.24) is 9.80 Å². The zero-order chi connectivity index (χ0) is 16.1. The number of piperazine rings is 1. The highest BCUT2D eigenvalue weighted by Crippen LogP contribution is 2.29. The van der Waals surface area contributed by atoms with Crippen molar-refractivity contribution in [1.29, 1.82) is 0 Å². The monoisotopic (exact) mass is 313 g/mol. The van der Waals surface area contributed by atoms with Gasteiger partial charge in [-0.15, -0.1) is 0 Å². The molecular formula is C19H27N3O. The van der Waals surface area contributed by atoms with Crippen LogP contribution in [0.4, 0.5) is 0 Å². The van der Waals surface area contributed by atoms with Crippen LogP contribution in [-0.2, 0) is 6.54 Å². The molecule has 1 fully saturated rings. The van der Waals surface area contributed by atoms with Gasteiger partial charge in [-0.1, -0.05) is 30.3 Å². The van der Waals surface area contributed by atoms with Crippen LogP contribution in [0.1, 0.15) is 12.0 Å². The molecule has 23 heavy (non-hydrogen) atoms. The van der Waals surface area contributed by atoms with E-state index in [1.54, 1.807) is 7.11 Å². The first-order valence-electron chi connectivity index (χ1n) is 8.51. The lowest BCUT2D eigenvalue weighted by Gasteiger charge is -2.35. The normalized spacial score (nSPS) is 16.8. The van der Waals surface area contributed by atoms with Crippen LogP contribution >= 0.6 is 0 Å². The second-order valence-electron chi connectivity index (χ2n) is 6.23. The predicted molar refractivity (Wildman–Crippen MR) is 95.9 cm³/mol. The fraction of sp³-hybridized carbons (Fsp3) is 0.474. The van der Waals surface area contributed by atoms with E-state index in [2.05, 4.69) is 46.2 Å². The predicted octanol–water partition coefficient (Wildman–Crippen LogP) is 2.31. The van der Waals surface area contributed by atoms with Gasteiger partial charge in [-0.2, -0.15) is 0 Å². The summed E-state index contributed by atoms with van der Waals surface area (Å²) in [6.07, 6.45) is 1.09. The van der Waals surface area contributed by atoms with Gasteiger partial charge in [0, 0.05) is 38.3 Å². The topological polar surface area (TPSA) is 41.7 Å². The summed E-state index contributed by atoms with van der Waals surface area (Å²) in [7, 11) is 1.76. The molecule has 0 aromatic heterocycles. The van der Waals surface area contributed by atoms with Crippen molar-refractivity contribution >= 4 is 10.8 Å². The Morgan fingerprint density at radius 2 is 1.74 bits per heavy atom. The van der Waals surface area contributed by atoms with Crippen LogP contribution in [-0.4, -0.2) is 56.2 Å². The summed E-state index contributed by atoms with van der Waals surface area (Å²) < 4.78 is 5.62. The maximum Gasteiger partial charge on any atom is 0.123 e. The number of nitrogens with two attached hydrogens (primary N) is 1. The summed E-state index contributed by atoms with van der Waals surface area (Å²) in [5.74, 6) is 0.995. The molecule has 2 N–H and O–H groups in total. The van der Waals surface area contributed by atoms with Crippen molar-refractivity contribution in [3.05, 3.63) is 42.0 Å². The molecule has 4 nitrogen and oxygen atoms in total. The van der Waals surface area contributed by atoms with Gasteiger partial charge >= 0.3 is 0 Å². The van der Waals surface area contributed by atoms with Crippen LogP contribution < -0.4 is 10.5 Å². The van der Waals surface area contributed by atoms with Crippen molar-refractivity contribution < 1.29 is 4.74 Å². The minimum Gasteiger partial charge on any atom is -0.496 e. The number of benzene rings is 2. The van der Waals surface area contributed by atoms with Crippen molar-refractivity contribution in [2.45, 2.75) is 13.0 Å². The number of nitrogens with zero attached hydrogens (tertiary/aromatic N) is 2. The van der Waals surface area contributed by atoms with Gasteiger partial charge in [0.2, 0.25) is 0 Å². The van der Waals surface area contributed by atoms with Crippen molar-refractivity contribution in [2.24, 2.45) is 5.73 Å². The summed E-state index contributed by atoms with van der Waals surface area (Å²) in [5.41, 5.74) is 6.92. The molecule has 0 spiro atoms. The third-order valence-electron chi connectivity index (χ3n) is 4.74. The zero-order valence-corrected chi connectivity index (χ0v) is 14.0. The maximum atomic E-state index is 5.62. The van der Waals surface area contributed by atoms with Crippen LogP contribution in [0.2, 0.25) is 0 Å². The maximum absolute atomic E-state index is 5.62. The molecule has 0 saturated carbocycles. The minimum atomic E-state index is 0.785. The van der Waals surface area contributed by atoms with Gasteiger partial charge in [-0.3, -0.25) is 4.90 Å². The highest BCUT2D eigenvalue weighted by molar-refractivity contribution is 5.87. The average molecular weight is 313 g/mol. The largest absolute Gasteiger partial charge is 0.496 e. The van der Waals surface area contributed by atoms with Gasteiger partial charge in [0.05, 0.1) is 7.11 Å². The molecule has 0 radical (unpaired) electrons. The van der Waals surface area contributed by atoms with E-state index in [-0.39, 0.29) is 0 Å². The molecule has 3 rings (SSSR count). The first-order valence-corrected chi connectivity index (χ1v) is 8.51. The van der Waals surface area contributed by atoms with E-state index in [4.69, 9.17) is 10.5 Å². The molecule has 2 aromatic carbocycles. The molecule has 0 aliphatic carbocycles. The van der Waals surface area contributed by atoms with E-state index in [9.17, 15) is 0 Å². The van der Waals surface area contributed by atoms with E-state index >= 15 is 0 Å². The van der Waals surface area contributed by atoms with Crippen LogP contribution in [0.25, 0.3) is 10.8 Å². The number of hydrogen-bond acceptors (Lipinski definition) is 4. The molecule has 0 bridgehead atoms. The third-order valence-corrected chi connectivity index (χ3v) is 4.74. The SMILES string of the molecule is COc1ccc2ccccc2c1CN1CCN(CCCN)CC1. The second-order valence-corrected chi connectivity index (χ2v) is 6.23. The van der Waals surface area contributed by atoms with Gasteiger partial charge in [0.25, 0.3) is 0 Å². The highest BCUT2D eigenvalue weighted by atomic mass is 16.5. The Kier molecular flexibility index (Phi) is 5.49. The molecule has 4 heteroatoms. The molecule has 0 atom stereocenters. The molecular weight excluding hydrogens is 286 g/mol. The molecule has 1 saturated heterocycles. The lowest BCUT2D eigenvalue weighted by molar-refractivity contribution is 0.126. The summed E-state index contributed by atoms with van der Waals surface area (Å²) in [4.78, 5) is 5.05. The second kappa shape index (κ2) is 7.77. The minimum absolute atomic E-state index is 0.785. The van der Waals surface area contributed by atoms with Crippen molar-refractivity contribution in [3.8, 4) is 5.75 Å². The molecule has 1 aliphatic rings. The summed E-state index contributed by atoms with van der Waals surface area (Å²) in [5, 5.41) is 2.59. The first-order chi connectivity index (χ1) is 11.3. The summed E-state index contributed by atoms with van der Waals surface area (Å²) in [6.45, 7) is 7.35. The highest BCUT2D eigenvalue weighted by Gasteiger charge is 2.18. The van der Waals surface area contributed by atoms with E-state index in [1.165, 1.54) is 16.3 Å². The molecule has 0 amide bonds. The smallest absolute Gasteiger partial charge is 0.123 e. The Labute approximate surface area is 138 Å². The van der Waals surface area contributed by atoms with Crippen LogP contribution in [0.3, 0.4) is 0 Å². The van der Waals surface area contributed by atoms with Gasteiger partial charge in [-0.25, -0.2) is 0 Å². The lowest BCUT2D eigenvalue weighted by Crippen LogP contribution is -2.46. The average Bonchev–Trinajstić information content (AvgIpc) is 2.61. The fourth-order valence-corrected chi connectivity index (χ4v) is 3.38. The number of ether oxygens (including phenoxy) is 1. The van der Waals surface area contributed by atoms with E-state index in [0.29, 0.717) is 0 Å². The van der Waals surface area contributed by atoms with E-state index in [0.717, 1.165) is 58.0 Å². The standard InChI is InChI=1S/C19H27N3O/c1-23-19-8-7-16-5-2-3-6-17(16)18(19)15-22-13-11-21(12-14-22)10-4-9-20/h2-3,5-8H,4,9-15,20H2,1H3. The molecule has 0 unspecified atom stereocenters. The fourth-order valence-electron chi connectivity index (χ4n) is 3.38. The summed E-state index contributed by atoms with van der Waals surface area (Å²) >= 11 is 0. The Hall–Kier alpha value is -1.62. The van der Waals surface area contributed by atoms with Gasteiger partial charge in [0.15, 0.2) is 0 Å². The molecule has 1 heterocycles.